The first-order valence-corrected chi connectivity index (χ1v) is 6.87. The summed E-state index contributed by atoms with van der Waals surface area (Å²) in [5.41, 5.74) is 6.54. The zero-order valence-electron chi connectivity index (χ0n) is 11.3. The molecule has 0 aliphatic heterocycles. The van der Waals surface area contributed by atoms with E-state index in [0.717, 1.165) is 6.42 Å². The van der Waals surface area contributed by atoms with Crippen molar-refractivity contribution >= 4 is 5.57 Å². The predicted molar refractivity (Wildman–Crippen MR) is 96.4 cm³/mol. The van der Waals surface area contributed by atoms with Crippen LogP contribution in [0.1, 0.15) is 38.8 Å². The van der Waals surface area contributed by atoms with Gasteiger partial charge in [0.1, 0.15) is 0 Å². The average molecular weight is 278 g/mol. The quantitative estimate of drug-likeness (QED) is 0.575. The molecule has 21 heavy (non-hydrogen) atoms. The van der Waals surface area contributed by atoms with Crippen molar-refractivity contribution in [3.63, 3.8) is 0 Å². The summed E-state index contributed by atoms with van der Waals surface area (Å²) in [4.78, 5) is 0. The van der Waals surface area contributed by atoms with Crippen molar-refractivity contribution in [2.45, 2.75) is 34.6 Å². The molecule has 1 aliphatic carbocycles. The van der Waals surface area contributed by atoms with Gasteiger partial charge in [-0.1, -0.05) is 81.1 Å². The van der Waals surface area contributed by atoms with E-state index < -0.39 is 0 Å². The highest BCUT2D eigenvalue weighted by molar-refractivity contribution is 5.78. The normalized spacial score (nSPS) is 12.9. The summed E-state index contributed by atoms with van der Waals surface area (Å²) in [6.45, 7) is 2.12. The number of aryl methyl sites for hydroxylation is 1. The maximum Gasteiger partial charge on any atom is -0.0178 e. The van der Waals surface area contributed by atoms with Crippen molar-refractivity contribution in [1.82, 2.24) is 0 Å². The van der Waals surface area contributed by atoms with Gasteiger partial charge in [-0.2, -0.15) is 0 Å². The van der Waals surface area contributed by atoms with E-state index in [1.165, 1.54) is 34.2 Å². The lowest BCUT2D eigenvalue weighted by atomic mass is 9.96. The molecule has 110 valence electrons. The summed E-state index contributed by atoms with van der Waals surface area (Å²) in [5, 5.41) is 0. The van der Waals surface area contributed by atoms with Crippen LogP contribution in [-0.4, -0.2) is 0 Å². The largest absolute Gasteiger partial charge is 0.0836 e. The molecule has 0 radical (unpaired) electrons. The van der Waals surface area contributed by atoms with E-state index in [2.05, 4.69) is 73.7 Å². The highest BCUT2D eigenvalue weighted by Gasteiger charge is 2.03. The average Bonchev–Trinajstić information content (AvgIpc) is 2.49. The summed E-state index contributed by atoms with van der Waals surface area (Å²) >= 11 is 0. The molecular weight excluding hydrogens is 252 g/mol. The molecule has 0 saturated carbocycles. The lowest BCUT2D eigenvalue weighted by molar-refractivity contribution is 1.04. The molecule has 3 rings (SSSR count). The number of hydrogen-bond acceptors (Lipinski definition) is 0. The second kappa shape index (κ2) is 7.64. The topological polar surface area (TPSA) is 0 Å². The monoisotopic (exact) mass is 278 g/mol. The minimum Gasteiger partial charge on any atom is -0.0836 e. The van der Waals surface area contributed by atoms with Gasteiger partial charge in [0.25, 0.3) is 0 Å². The molecule has 0 aromatic heterocycles. The fourth-order valence-corrected chi connectivity index (χ4v) is 2.45. The molecule has 2 aromatic carbocycles. The second-order valence-electron chi connectivity index (χ2n) is 5.09. The Hall–Kier alpha value is -2.08. The SMILES string of the molecule is C.C.Cc1ccc(-c2cccc(C3=CCCC=C3)c2)cc1. The minimum absolute atomic E-state index is 0. The van der Waals surface area contributed by atoms with Gasteiger partial charge in [-0.15, -0.1) is 0 Å². The van der Waals surface area contributed by atoms with Crippen molar-refractivity contribution in [3.8, 4) is 11.1 Å². The van der Waals surface area contributed by atoms with Gasteiger partial charge in [-0.25, -0.2) is 0 Å². The van der Waals surface area contributed by atoms with E-state index in [1.807, 2.05) is 0 Å². The van der Waals surface area contributed by atoms with Crippen LogP contribution in [0.4, 0.5) is 0 Å². The van der Waals surface area contributed by atoms with Gasteiger partial charge in [0.05, 0.1) is 0 Å². The van der Waals surface area contributed by atoms with Crippen LogP contribution in [0.5, 0.6) is 0 Å². The van der Waals surface area contributed by atoms with Crippen LogP contribution in [0, 0.1) is 6.92 Å². The van der Waals surface area contributed by atoms with Crippen molar-refractivity contribution in [2.75, 3.05) is 0 Å². The summed E-state index contributed by atoms with van der Waals surface area (Å²) in [5.74, 6) is 0. The fourth-order valence-electron chi connectivity index (χ4n) is 2.45. The summed E-state index contributed by atoms with van der Waals surface area (Å²) in [7, 11) is 0. The Bertz CT molecular complexity index is 627. The molecular formula is C21H26. The maximum absolute atomic E-state index is 2.33. The van der Waals surface area contributed by atoms with Gasteiger partial charge in [0.2, 0.25) is 0 Å². The standard InChI is InChI=1S/C19H18.2CH4/c1-15-10-12-17(13-11-15)19-9-5-8-18(14-19)16-6-3-2-4-7-16;;/h3,5-14H,2,4H2,1H3;2*1H4. The van der Waals surface area contributed by atoms with Crippen LogP contribution in [0.3, 0.4) is 0 Å². The minimum atomic E-state index is 0. The van der Waals surface area contributed by atoms with Gasteiger partial charge < -0.3 is 0 Å². The van der Waals surface area contributed by atoms with Crippen molar-refractivity contribution < 1.29 is 0 Å². The molecule has 0 saturated heterocycles. The summed E-state index contributed by atoms with van der Waals surface area (Å²) in [6.07, 6.45) is 9.14. The lowest BCUT2D eigenvalue weighted by Crippen LogP contribution is -1.87. The highest BCUT2D eigenvalue weighted by atomic mass is 14.1. The Morgan fingerprint density at radius 3 is 2.14 bits per heavy atom. The molecule has 0 bridgehead atoms. The number of rotatable bonds is 2. The molecule has 0 unspecified atom stereocenters. The Kier molecular flexibility index (Phi) is 6.17. The molecule has 0 heteroatoms. The van der Waals surface area contributed by atoms with Gasteiger partial charge in [0, 0.05) is 0 Å². The molecule has 0 heterocycles. The number of hydrogen-bond donors (Lipinski definition) is 0. The van der Waals surface area contributed by atoms with Gasteiger partial charge >= 0.3 is 0 Å². The smallest absolute Gasteiger partial charge is 0.0178 e. The third kappa shape index (κ3) is 3.95. The Morgan fingerprint density at radius 1 is 0.762 bits per heavy atom. The second-order valence-corrected chi connectivity index (χ2v) is 5.09. The van der Waals surface area contributed by atoms with Crippen molar-refractivity contribution in [3.05, 3.63) is 77.9 Å². The lowest BCUT2D eigenvalue weighted by Gasteiger charge is -2.09. The van der Waals surface area contributed by atoms with E-state index in [4.69, 9.17) is 0 Å². The van der Waals surface area contributed by atoms with Crippen LogP contribution >= 0.6 is 0 Å². The van der Waals surface area contributed by atoms with Crippen LogP contribution in [0.25, 0.3) is 16.7 Å². The molecule has 0 amide bonds. The fraction of sp³-hybridized carbons (Fsp3) is 0.238. The van der Waals surface area contributed by atoms with Crippen LogP contribution < -0.4 is 0 Å². The third-order valence-corrected chi connectivity index (χ3v) is 3.58. The number of benzene rings is 2. The zero-order valence-corrected chi connectivity index (χ0v) is 11.3. The highest BCUT2D eigenvalue weighted by Crippen LogP contribution is 2.26. The van der Waals surface area contributed by atoms with Gasteiger partial charge in [0.15, 0.2) is 0 Å². The molecule has 0 nitrogen and oxygen atoms in total. The molecule has 0 fully saturated rings. The molecule has 0 N–H and O–H groups in total. The van der Waals surface area contributed by atoms with E-state index in [0.29, 0.717) is 0 Å². The Labute approximate surface area is 129 Å². The van der Waals surface area contributed by atoms with E-state index in [-0.39, 0.29) is 14.9 Å². The Balaban J connectivity index is 0.00000110. The molecule has 0 spiro atoms. The molecule has 0 atom stereocenters. The first kappa shape index (κ1) is 17.0. The predicted octanol–water partition coefficient (Wildman–Crippen LogP) is 6.67. The van der Waals surface area contributed by atoms with Crippen LogP contribution in [-0.2, 0) is 0 Å². The Morgan fingerprint density at radius 2 is 1.48 bits per heavy atom. The van der Waals surface area contributed by atoms with Gasteiger partial charge in [-0.3, -0.25) is 0 Å². The summed E-state index contributed by atoms with van der Waals surface area (Å²) in [6, 6.07) is 17.5. The zero-order chi connectivity index (χ0) is 13.1. The first-order chi connectivity index (χ1) is 9.33. The summed E-state index contributed by atoms with van der Waals surface area (Å²) < 4.78 is 0. The first-order valence-electron chi connectivity index (χ1n) is 6.87. The maximum atomic E-state index is 2.33. The van der Waals surface area contributed by atoms with E-state index in [1.54, 1.807) is 0 Å². The number of allylic oxidation sites excluding steroid dienone is 4. The van der Waals surface area contributed by atoms with E-state index >= 15 is 0 Å². The van der Waals surface area contributed by atoms with E-state index in [9.17, 15) is 0 Å². The third-order valence-electron chi connectivity index (χ3n) is 3.58. The van der Waals surface area contributed by atoms with Crippen molar-refractivity contribution in [2.24, 2.45) is 0 Å². The van der Waals surface area contributed by atoms with Crippen LogP contribution in [0.15, 0.2) is 66.8 Å². The molecule has 2 aromatic rings. The van der Waals surface area contributed by atoms with Crippen molar-refractivity contribution in [1.29, 1.82) is 0 Å². The molecule has 1 aliphatic rings. The van der Waals surface area contributed by atoms with Crippen LogP contribution in [0.2, 0.25) is 0 Å². The van der Waals surface area contributed by atoms with Gasteiger partial charge in [-0.05, 0) is 48.1 Å².